The van der Waals surface area contributed by atoms with Crippen LogP contribution in [0.3, 0.4) is 0 Å². The highest BCUT2D eigenvalue weighted by Crippen LogP contribution is 2.28. The van der Waals surface area contributed by atoms with E-state index < -0.39 is 52.3 Å². The first-order valence-electron chi connectivity index (χ1n) is 7.64. The molecule has 0 radical (unpaired) electrons. The minimum atomic E-state index is -4.59. The van der Waals surface area contributed by atoms with Crippen LogP contribution in [0, 0.1) is 15.9 Å². The lowest BCUT2D eigenvalue weighted by molar-refractivity contribution is -0.384. The van der Waals surface area contributed by atoms with Crippen LogP contribution in [-0.2, 0) is 0 Å². The van der Waals surface area contributed by atoms with E-state index in [1.807, 2.05) is 5.32 Å². The number of carbonyl (C=O) groups is 1. The molecule has 1 aromatic rings. The van der Waals surface area contributed by atoms with Crippen LogP contribution < -0.4 is 16.4 Å². The van der Waals surface area contributed by atoms with Crippen LogP contribution in [0.5, 0.6) is 0 Å². The second-order valence-electron chi connectivity index (χ2n) is 5.70. The van der Waals surface area contributed by atoms with E-state index in [-0.39, 0.29) is 13.1 Å². The van der Waals surface area contributed by atoms with Crippen molar-refractivity contribution in [3.05, 3.63) is 33.6 Å². The van der Waals surface area contributed by atoms with E-state index in [1.165, 1.54) is 4.90 Å². The fraction of sp³-hybridized carbons (Fsp3) is 0.500. The van der Waals surface area contributed by atoms with E-state index in [0.717, 1.165) is 0 Å². The number of rotatable bonds is 5. The number of anilines is 1. The van der Waals surface area contributed by atoms with E-state index >= 15 is 0 Å². The molecule has 144 valence electrons. The summed E-state index contributed by atoms with van der Waals surface area (Å²) < 4.78 is 53.3. The van der Waals surface area contributed by atoms with Crippen molar-refractivity contribution < 1.29 is 27.3 Å². The van der Waals surface area contributed by atoms with E-state index in [0.29, 0.717) is 25.2 Å². The first-order valence-corrected chi connectivity index (χ1v) is 7.64. The molecule has 1 aliphatic heterocycles. The van der Waals surface area contributed by atoms with Crippen LogP contribution in [0.2, 0.25) is 0 Å². The number of piperazine rings is 1. The first-order chi connectivity index (χ1) is 12.1. The molecular formula is C14H17F4N5O3. The second kappa shape index (κ2) is 7.83. The molecule has 0 aromatic heterocycles. The average molecular weight is 379 g/mol. The van der Waals surface area contributed by atoms with Gasteiger partial charge in [0.05, 0.1) is 16.6 Å². The molecule has 12 heteroatoms. The fourth-order valence-corrected chi connectivity index (χ4v) is 2.67. The number of amides is 1. The van der Waals surface area contributed by atoms with E-state index in [1.54, 1.807) is 0 Å². The Bertz CT molecular complexity index is 692. The molecule has 1 heterocycles. The highest BCUT2D eigenvalue weighted by atomic mass is 19.4. The zero-order valence-corrected chi connectivity index (χ0v) is 13.5. The van der Waals surface area contributed by atoms with Crippen LogP contribution in [0.1, 0.15) is 10.4 Å². The average Bonchev–Trinajstić information content (AvgIpc) is 2.56. The van der Waals surface area contributed by atoms with Crippen molar-refractivity contribution in [1.29, 1.82) is 0 Å². The maximum Gasteiger partial charge on any atom is 0.405 e. The van der Waals surface area contributed by atoms with Gasteiger partial charge in [0, 0.05) is 32.7 Å². The van der Waals surface area contributed by atoms with E-state index in [2.05, 4.69) is 5.32 Å². The third-order valence-corrected chi connectivity index (χ3v) is 3.99. The number of carbonyl (C=O) groups excluding carboxylic acids is 1. The molecule has 4 N–H and O–H groups in total. The normalized spacial score (nSPS) is 16.9. The Morgan fingerprint density at radius 2 is 2.00 bits per heavy atom. The maximum atomic E-state index is 13.5. The van der Waals surface area contributed by atoms with Gasteiger partial charge in [-0.3, -0.25) is 19.8 Å². The molecule has 0 saturated carbocycles. The number of hydrogen-bond acceptors (Lipinski definition) is 6. The summed E-state index contributed by atoms with van der Waals surface area (Å²) in [4.78, 5) is 23.1. The lowest BCUT2D eigenvalue weighted by atomic mass is 10.1. The summed E-state index contributed by atoms with van der Waals surface area (Å²) in [6, 6.07) is -0.755. The van der Waals surface area contributed by atoms with Crippen LogP contribution in [-0.4, -0.2) is 60.7 Å². The minimum Gasteiger partial charge on any atom is -0.393 e. The third kappa shape index (κ3) is 4.58. The number of halogens is 4. The van der Waals surface area contributed by atoms with Crippen molar-refractivity contribution in [2.24, 2.45) is 0 Å². The zero-order chi connectivity index (χ0) is 19.5. The van der Waals surface area contributed by atoms with Gasteiger partial charge in [-0.25, -0.2) is 4.39 Å². The summed E-state index contributed by atoms with van der Waals surface area (Å²) in [5, 5.41) is 15.8. The molecule has 2 rings (SSSR count). The van der Waals surface area contributed by atoms with Crippen molar-refractivity contribution in [3.63, 3.8) is 0 Å². The van der Waals surface area contributed by atoms with Crippen molar-refractivity contribution >= 4 is 17.3 Å². The maximum absolute atomic E-state index is 13.5. The van der Waals surface area contributed by atoms with Gasteiger partial charge in [0.1, 0.15) is 17.5 Å². The van der Waals surface area contributed by atoms with E-state index in [4.69, 9.17) is 5.73 Å². The van der Waals surface area contributed by atoms with Crippen LogP contribution in [0.25, 0.3) is 0 Å². The largest absolute Gasteiger partial charge is 0.405 e. The summed E-state index contributed by atoms with van der Waals surface area (Å²) in [5.41, 5.74) is 3.45. The Hall–Kier alpha value is -2.47. The number of alkyl halides is 3. The topological polar surface area (TPSA) is 114 Å². The SMILES string of the molecule is Nc1c(C(=O)NCC(N2CCNCC2)C(F)(F)F)cc(F)cc1[N+](=O)[O-]. The summed E-state index contributed by atoms with van der Waals surface area (Å²) >= 11 is 0. The summed E-state index contributed by atoms with van der Waals surface area (Å²) in [6.07, 6.45) is -4.59. The Morgan fingerprint density at radius 1 is 1.38 bits per heavy atom. The van der Waals surface area contributed by atoms with Crippen molar-refractivity contribution in [3.8, 4) is 0 Å². The Morgan fingerprint density at radius 3 is 2.54 bits per heavy atom. The van der Waals surface area contributed by atoms with Crippen molar-refractivity contribution in [2.75, 3.05) is 38.5 Å². The number of nitrogens with one attached hydrogen (secondary N) is 2. The van der Waals surface area contributed by atoms with Gasteiger partial charge in [-0.05, 0) is 6.07 Å². The van der Waals surface area contributed by atoms with Gasteiger partial charge in [-0.1, -0.05) is 0 Å². The van der Waals surface area contributed by atoms with Gasteiger partial charge in [0.25, 0.3) is 11.6 Å². The van der Waals surface area contributed by atoms with Gasteiger partial charge < -0.3 is 16.4 Å². The monoisotopic (exact) mass is 379 g/mol. The standard InChI is InChI=1S/C14H17F4N5O3/c15-8-5-9(12(19)10(6-8)23(25)26)13(24)21-7-11(14(16,17)18)22-3-1-20-2-4-22/h5-6,11,20H,1-4,7,19H2,(H,21,24). The Kier molecular flexibility index (Phi) is 5.97. The predicted octanol–water partition coefficient (Wildman–Crippen LogP) is 0.882. The fourth-order valence-electron chi connectivity index (χ4n) is 2.67. The van der Waals surface area contributed by atoms with Gasteiger partial charge in [-0.15, -0.1) is 0 Å². The van der Waals surface area contributed by atoms with Crippen LogP contribution in [0.15, 0.2) is 12.1 Å². The number of benzene rings is 1. The molecule has 0 aliphatic carbocycles. The van der Waals surface area contributed by atoms with Gasteiger partial charge in [0.15, 0.2) is 0 Å². The number of nitrogens with zero attached hydrogens (tertiary/aromatic N) is 2. The molecule has 26 heavy (non-hydrogen) atoms. The number of nitrogen functional groups attached to an aromatic ring is 1. The molecule has 0 spiro atoms. The Balaban J connectivity index is 2.17. The highest BCUT2D eigenvalue weighted by Gasteiger charge is 2.44. The molecule has 1 aromatic carbocycles. The summed E-state index contributed by atoms with van der Waals surface area (Å²) in [6.45, 7) is 0.264. The summed E-state index contributed by atoms with van der Waals surface area (Å²) in [7, 11) is 0. The Labute approximate surface area is 145 Å². The van der Waals surface area contributed by atoms with Crippen molar-refractivity contribution in [2.45, 2.75) is 12.2 Å². The minimum absolute atomic E-state index is 0.146. The molecule has 1 atom stereocenters. The number of nitrogens with two attached hydrogens (primary N) is 1. The molecule has 1 unspecified atom stereocenters. The van der Waals surface area contributed by atoms with Crippen LogP contribution >= 0.6 is 0 Å². The predicted molar refractivity (Wildman–Crippen MR) is 84.1 cm³/mol. The third-order valence-electron chi connectivity index (χ3n) is 3.99. The van der Waals surface area contributed by atoms with Gasteiger partial charge in [0.2, 0.25) is 0 Å². The van der Waals surface area contributed by atoms with Crippen LogP contribution in [0.4, 0.5) is 28.9 Å². The molecule has 1 aliphatic rings. The summed E-state index contributed by atoms with van der Waals surface area (Å²) in [5.74, 6) is -2.21. The second-order valence-corrected chi connectivity index (χ2v) is 5.70. The number of nitro benzene ring substituents is 1. The van der Waals surface area contributed by atoms with Gasteiger partial charge in [-0.2, -0.15) is 13.2 Å². The molecule has 1 fully saturated rings. The highest BCUT2D eigenvalue weighted by molar-refractivity contribution is 6.01. The first kappa shape index (κ1) is 19.8. The number of nitro groups is 1. The quantitative estimate of drug-likeness (QED) is 0.303. The molecular weight excluding hydrogens is 362 g/mol. The molecule has 1 saturated heterocycles. The molecule has 1 amide bonds. The molecule has 8 nitrogen and oxygen atoms in total. The smallest absolute Gasteiger partial charge is 0.393 e. The zero-order valence-electron chi connectivity index (χ0n) is 13.5. The lowest BCUT2D eigenvalue weighted by Gasteiger charge is -2.35. The lowest BCUT2D eigenvalue weighted by Crippen LogP contribution is -2.57. The van der Waals surface area contributed by atoms with E-state index in [9.17, 15) is 32.5 Å². The van der Waals surface area contributed by atoms with Gasteiger partial charge >= 0.3 is 6.18 Å². The number of hydrogen-bond donors (Lipinski definition) is 3. The van der Waals surface area contributed by atoms with Crippen molar-refractivity contribution in [1.82, 2.24) is 15.5 Å². The molecule has 0 bridgehead atoms.